The number of anilines is 1. The smallest absolute Gasteiger partial charge is 0.301 e. The number of carbonyl (C=O) groups is 3. The van der Waals surface area contributed by atoms with E-state index in [2.05, 4.69) is 44.3 Å². The number of likely N-dealkylation sites (tertiary alicyclic amines) is 1. The van der Waals surface area contributed by atoms with Crippen LogP contribution in [-0.2, 0) is 54.8 Å². The monoisotopic (exact) mass is 1250 g/mol. The Hall–Kier alpha value is -6.85. The maximum Gasteiger partial charge on any atom is 0.301 e. The summed E-state index contributed by atoms with van der Waals surface area (Å²) in [4.78, 5) is 55.0. The van der Waals surface area contributed by atoms with E-state index in [1.54, 1.807) is 52.8 Å². The molecule has 26 heteroatoms. The van der Waals surface area contributed by atoms with Crippen molar-refractivity contribution in [1.29, 1.82) is 0 Å². The van der Waals surface area contributed by atoms with Crippen LogP contribution in [0.25, 0.3) is 32.6 Å². The molecule has 0 saturated carbocycles. The quantitative estimate of drug-likeness (QED) is 0.0199. The van der Waals surface area contributed by atoms with Crippen molar-refractivity contribution in [3.63, 3.8) is 0 Å². The van der Waals surface area contributed by atoms with E-state index in [0.717, 1.165) is 38.1 Å². The maximum absolute atomic E-state index is 15.7. The number of alkyl halides is 1. The molecular weight excluding hydrogens is 1170 g/mol. The Kier molecular flexibility index (Phi) is 23.8. The van der Waals surface area contributed by atoms with Gasteiger partial charge in [-0.3, -0.25) is 19.1 Å². The van der Waals surface area contributed by atoms with E-state index in [1.807, 2.05) is 50.1 Å². The zero-order valence-corrected chi connectivity index (χ0v) is 50.8. The highest BCUT2D eigenvalue weighted by atomic mass is 32.2. The number of amides is 2. The molecule has 3 aromatic carbocycles. The average molecular weight is 1250 g/mol. The van der Waals surface area contributed by atoms with E-state index in [1.165, 1.54) is 6.20 Å². The number of fused-ring (bicyclic) bond motifs is 1. The molecule has 2 amide bonds. The molecule has 470 valence electrons. The van der Waals surface area contributed by atoms with Gasteiger partial charge in [-0.15, -0.1) is 11.3 Å². The number of aliphatic hydroxyl groups is 1. The number of hydrogen-bond donors (Lipinski definition) is 5. The Labute approximate surface area is 508 Å². The molecule has 0 unspecified atom stereocenters. The van der Waals surface area contributed by atoms with Crippen molar-refractivity contribution in [1.82, 2.24) is 34.8 Å². The van der Waals surface area contributed by atoms with Crippen LogP contribution in [0.3, 0.4) is 0 Å². The summed E-state index contributed by atoms with van der Waals surface area (Å²) in [5, 5.41) is 17.2. The highest BCUT2D eigenvalue weighted by molar-refractivity contribution is 7.90. The number of aryl methyl sites for hydroxylation is 1. The molecule has 3 aromatic heterocycles. The van der Waals surface area contributed by atoms with Crippen LogP contribution in [0.1, 0.15) is 60.8 Å². The van der Waals surface area contributed by atoms with Gasteiger partial charge in [-0.2, -0.15) is 12.7 Å². The third-order valence-electron chi connectivity index (χ3n) is 14.4. The Morgan fingerprint density at radius 3 is 2.05 bits per heavy atom. The number of aromatic nitrogens is 3. The number of ketones is 1. The van der Waals surface area contributed by atoms with Gasteiger partial charge in [-0.05, 0) is 65.8 Å². The number of benzene rings is 3. The lowest BCUT2D eigenvalue weighted by molar-refractivity contribution is -0.141. The molecule has 8 rings (SSSR count). The molecule has 87 heavy (non-hydrogen) atoms. The van der Waals surface area contributed by atoms with E-state index in [-0.39, 0.29) is 68.4 Å². The first-order chi connectivity index (χ1) is 41.8. The molecule has 4 atom stereocenters. The van der Waals surface area contributed by atoms with E-state index in [4.69, 9.17) is 33.2 Å². The molecule has 0 radical (unpaired) electrons. The van der Waals surface area contributed by atoms with Gasteiger partial charge in [-0.25, -0.2) is 23.1 Å². The molecular formula is C61H75F3N8O13S2. The summed E-state index contributed by atoms with van der Waals surface area (Å²) in [5.74, 6) is -3.82. The number of nitrogens with zero attached hydrogens (tertiary/aromatic N) is 4. The average Bonchev–Trinajstić information content (AvgIpc) is 2.06. The van der Waals surface area contributed by atoms with Gasteiger partial charge in [-0.1, -0.05) is 63.7 Å². The SMILES string of the molecule is C=C(NCc1ccc(-c2scnc2C)cc1)[C@@H]1C[C@@H](O)CN1C(=O)[C@@H](NC(=O)COCCOCCOCCOCCOCCOCCOc1ccc(-c2cnc3[nH]cc(C(=O)c4c(F)ccc(NS(=O)(=O)N5CC[C@@H](F)C5)c4F)c3c2)cc1)C(C)(C)C. The molecule has 2 aliphatic rings. The molecule has 6 aromatic rings. The normalized spacial score (nSPS) is 16.8. The Bertz CT molecular complexity index is 3380. The van der Waals surface area contributed by atoms with Crippen LogP contribution in [0.5, 0.6) is 5.75 Å². The van der Waals surface area contributed by atoms with Gasteiger partial charge < -0.3 is 58.8 Å². The highest BCUT2D eigenvalue weighted by Gasteiger charge is 2.43. The minimum atomic E-state index is -4.37. The van der Waals surface area contributed by atoms with Crippen molar-refractivity contribution in [3.05, 3.63) is 131 Å². The van der Waals surface area contributed by atoms with Crippen molar-refractivity contribution in [2.75, 3.05) is 110 Å². The number of nitrogens with one attached hydrogen (secondary N) is 4. The van der Waals surface area contributed by atoms with Crippen LogP contribution in [-0.4, -0.2) is 185 Å². The summed E-state index contributed by atoms with van der Waals surface area (Å²) in [6.45, 7) is 15.5. The minimum absolute atomic E-state index is 0.0114. The topological polar surface area (TPSA) is 254 Å². The molecule has 5 N–H and O–H groups in total. The predicted molar refractivity (Wildman–Crippen MR) is 321 cm³/mol. The van der Waals surface area contributed by atoms with Gasteiger partial charge in [0.05, 0.1) is 112 Å². The van der Waals surface area contributed by atoms with Gasteiger partial charge >= 0.3 is 10.2 Å². The van der Waals surface area contributed by atoms with Crippen LogP contribution in [0, 0.1) is 24.0 Å². The maximum atomic E-state index is 15.7. The van der Waals surface area contributed by atoms with Gasteiger partial charge in [0, 0.05) is 67.2 Å². The fraction of sp³-hybridized carbons (Fsp3) is 0.459. The summed E-state index contributed by atoms with van der Waals surface area (Å²) in [6.07, 6.45) is 1.07. The van der Waals surface area contributed by atoms with E-state index in [9.17, 15) is 32.3 Å². The number of ether oxygens (including phenoxy) is 7. The van der Waals surface area contributed by atoms with E-state index in [0.29, 0.717) is 95.0 Å². The van der Waals surface area contributed by atoms with Crippen molar-refractivity contribution >= 4 is 55.9 Å². The van der Waals surface area contributed by atoms with Crippen molar-refractivity contribution in [2.24, 2.45) is 5.41 Å². The second kappa shape index (κ2) is 31.4. The van der Waals surface area contributed by atoms with E-state index >= 15 is 8.78 Å². The number of halogens is 3. The van der Waals surface area contributed by atoms with Gasteiger partial charge in [0.25, 0.3) is 0 Å². The fourth-order valence-electron chi connectivity index (χ4n) is 9.75. The van der Waals surface area contributed by atoms with Crippen LogP contribution in [0.2, 0.25) is 0 Å². The first-order valence-corrected chi connectivity index (χ1v) is 30.9. The largest absolute Gasteiger partial charge is 0.491 e. The summed E-state index contributed by atoms with van der Waals surface area (Å²) < 4.78 is 112. The highest BCUT2D eigenvalue weighted by Crippen LogP contribution is 2.33. The molecule has 0 bridgehead atoms. The number of aliphatic hydroxyl groups excluding tert-OH is 1. The molecule has 5 heterocycles. The molecule has 21 nitrogen and oxygen atoms in total. The number of pyridine rings is 1. The summed E-state index contributed by atoms with van der Waals surface area (Å²) in [5.41, 5.74) is 4.82. The van der Waals surface area contributed by atoms with Crippen LogP contribution in [0.4, 0.5) is 18.9 Å². The Morgan fingerprint density at radius 2 is 1.45 bits per heavy atom. The third-order valence-corrected chi connectivity index (χ3v) is 16.9. The predicted octanol–water partition coefficient (Wildman–Crippen LogP) is 7.15. The number of rotatable bonds is 34. The summed E-state index contributed by atoms with van der Waals surface area (Å²) in [7, 11) is -4.37. The first kappa shape index (κ1) is 66.1. The minimum Gasteiger partial charge on any atom is -0.491 e. The molecule has 2 aliphatic heterocycles. The number of β-amino-alcohol motifs (C(OH)–C–C–N with tert-alkyl or cyclic N) is 1. The summed E-state index contributed by atoms with van der Waals surface area (Å²) in [6, 6.07) is 17.2. The number of carbonyl (C=O) groups excluding carboxylic acids is 3. The molecule has 2 saturated heterocycles. The molecule has 0 aliphatic carbocycles. The van der Waals surface area contributed by atoms with Crippen LogP contribution in [0.15, 0.2) is 96.9 Å². The number of H-pyrrole nitrogens is 1. The lowest BCUT2D eigenvalue weighted by Gasteiger charge is -2.36. The van der Waals surface area contributed by atoms with Gasteiger partial charge in [0.1, 0.15) is 42.6 Å². The van der Waals surface area contributed by atoms with Gasteiger partial charge in [0.2, 0.25) is 17.6 Å². The second-order valence-corrected chi connectivity index (χ2v) is 24.4. The number of aromatic amines is 1. The van der Waals surface area contributed by atoms with Crippen molar-refractivity contribution in [3.8, 4) is 27.3 Å². The fourth-order valence-corrected chi connectivity index (χ4v) is 11.8. The second-order valence-electron chi connectivity index (χ2n) is 21.9. The van der Waals surface area contributed by atoms with Crippen LogP contribution < -0.4 is 20.1 Å². The zero-order valence-electron chi connectivity index (χ0n) is 49.1. The number of thiazole rings is 1. The van der Waals surface area contributed by atoms with E-state index < -0.39 is 81.1 Å². The van der Waals surface area contributed by atoms with Gasteiger partial charge in [0.15, 0.2) is 5.82 Å². The lowest BCUT2D eigenvalue weighted by atomic mass is 9.85. The molecule has 0 spiro atoms. The van der Waals surface area contributed by atoms with Crippen molar-refractivity contribution in [2.45, 2.75) is 71.4 Å². The number of hydrogen-bond acceptors (Lipinski definition) is 17. The zero-order chi connectivity index (χ0) is 62.1. The van der Waals surface area contributed by atoms with Crippen LogP contribution >= 0.6 is 11.3 Å². The standard InChI is InChI=1S/C61H75F3N8O13S2/c1-39(65-32-41-6-8-43(9-7-41)57-40(2)68-38-86-57)52-31-46(73)36-72(52)60(76)58(61(3,4)5)69-53(74)37-84-27-26-82-23-22-80-19-18-79-20-21-81-24-25-83-28-29-85-47-12-10-42(11-13-47)44-30-48-49(34-67-59(48)66-33-44)56(75)54-50(63)14-15-51(55(54)64)70-87(77,78)71-17-16-45(62)35-71/h6-15,30,33-34,38,45-46,52,58,65,70,73H,1,16-29,31-32,35-37H2,2-5H3,(H,66,67)(H,69,74)/t45-,46-,52+,58-/m1/s1. The lowest BCUT2D eigenvalue weighted by Crippen LogP contribution is -2.57. The Balaban J connectivity index is 0.628. The van der Waals surface area contributed by atoms with Crippen molar-refractivity contribution < 1.29 is 74.2 Å². The first-order valence-electron chi connectivity index (χ1n) is 28.6. The Morgan fingerprint density at radius 1 is 0.828 bits per heavy atom. The summed E-state index contributed by atoms with van der Waals surface area (Å²) >= 11 is 1.60. The molecule has 2 fully saturated rings. The third kappa shape index (κ3) is 18.4.